The number of benzene rings is 1. The van der Waals surface area contributed by atoms with Crippen molar-refractivity contribution >= 4 is 33.9 Å². The first-order valence-corrected chi connectivity index (χ1v) is 12.0. The molecule has 34 heavy (non-hydrogen) atoms. The molecule has 0 saturated carbocycles. The third-order valence-electron chi connectivity index (χ3n) is 5.76. The molecular formula is C23H24N6O4S. The van der Waals surface area contributed by atoms with Crippen LogP contribution in [-0.4, -0.2) is 54.2 Å². The molecule has 1 aliphatic rings. The molecule has 0 fully saturated rings. The van der Waals surface area contributed by atoms with E-state index in [1.165, 1.54) is 0 Å². The summed E-state index contributed by atoms with van der Waals surface area (Å²) in [6.45, 7) is 5.39. The van der Waals surface area contributed by atoms with Gasteiger partial charge in [-0.3, -0.25) is 0 Å². The lowest BCUT2D eigenvalue weighted by Crippen LogP contribution is -2.30. The van der Waals surface area contributed by atoms with Gasteiger partial charge in [0.1, 0.15) is 11.5 Å². The molecule has 11 heteroatoms. The van der Waals surface area contributed by atoms with Gasteiger partial charge in [0.25, 0.3) is 0 Å². The smallest absolute Gasteiger partial charge is 0.355 e. The molecular weight excluding hydrogens is 456 g/mol. The fourth-order valence-corrected chi connectivity index (χ4v) is 5.43. The van der Waals surface area contributed by atoms with Gasteiger partial charge in [0.05, 0.1) is 36.8 Å². The number of carbonyl (C=O) groups excluding carboxylic acids is 1. The Morgan fingerprint density at radius 1 is 1.32 bits per heavy atom. The third kappa shape index (κ3) is 4.02. The molecule has 1 aliphatic heterocycles. The molecule has 1 atom stereocenters. The molecule has 176 valence electrons. The first kappa shape index (κ1) is 22.4. The third-order valence-corrected chi connectivity index (χ3v) is 7.27. The molecule has 1 N–H and O–H groups in total. The van der Waals surface area contributed by atoms with E-state index in [4.69, 9.17) is 9.26 Å². The Bertz CT molecular complexity index is 1370. The zero-order chi connectivity index (χ0) is 23.8. The van der Waals surface area contributed by atoms with Gasteiger partial charge in [0.15, 0.2) is 4.90 Å². The van der Waals surface area contributed by atoms with Crippen LogP contribution >= 0.6 is 0 Å². The molecule has 0 radical (unpaired) electrons. The zero-order valence-corrected chi connectivity index (χ0v) is 19.9. The quantitative estimate of drug-likeness (QED) is 0.314. The van der Waals surface area contributed by atoms with Gasteiger partial charge in [-0.05, 0) is 24.4 Å². The molecule has 0 amide bonds. The number of hydrogen-bond acceptors (Lipinski definition) is 9. The number of hydrogen-bond donors (Lipinski definition) is 1. The highest BCUT2D eigenvalue weighted by molar-refractivity contribution is 7.89. The summed E-state index contributed by atoms with van der Waals surface area (Å²) in [4.78, 5) is 21.6. The maximum absolute atomic E-state index is 13.0. The molecule has 5 rings (SSSR count). The lowest BCUT2D eigenvalue weighted by Gasteiger charge is -2.18. The number of aryl methyl sites for hydroxylation is 1. The second-order valence-electron chi connectivity index (χ2n) is 7.89. The molecule has 10 nitrogen and oxygen atoms in total. The topological polar surface area (TPSA) is 121 Å². The molecule has 0 saturated heterocycles. The van der Waals surface area contributed by atoms with Gasteiger partial charge in [-0.25, -0.2) is 9.78 Å². The Morgan fingerprint density at radius 3 is 2.91 bits per heavy atom. The van der Waals surface area contributed by atoms with Gasteiger partial charge >= 0.3 is 5.97 Å². The zero-order valence-electron chi connectivity index (χ0n) is 19.1. The van der Waals surface area contributed by atoms with Crippen LogP contribution in [0.1, 0.15) is 29.0 Å². The van der Waals surface area contributed by atoms with Crippen molar-refractivity contribution in [2.45, 2.75) is 25.3 Å². The lowest BCUT2D eigenvalue weighted by atomic mass is 10.1. The van der Waals surface area contributed by atoms with Crippen LogP contribution in [0.15, 0.2) is 45.9 Å². The minimum absolute atomic E-state index is 0.300. The molecule has 1 unspecified atom stereocenters. The van der Waals surface area contributed by atoms with E-state index >= 15 is 0 Å². The van der Waals surface area contributed by atoms with Gasteiger partial charge in [-0.1, -0.05) is 17.3 Å². The number of esters is 1. The second kappa shape index (κ2) is 9.09. The highest BCUT2D eigenvalue weighted by Crippen LogP contribution is 2.33. The standard InChI is InChI=1S/C23H24N6O4S/c1-4-32-23(30)18-12-20-19(28(18)3)13-29(34(20)31)10-9-25-22-17-11-16(21-26-14(2)33-27-21)6-5-15(17)7-8-24-22/h5-8,11-12H,4,9-10,13H2,1-3H3,(H,24,25). The summed E-state index contributed by atoms with van der Waals surface area (Å²) in [6.07, 6.45) is 1.75. The summed E-state index contributed by atoms with van der Waals surface area (Å²) in [6, 6.07) is 9.54. The minimum Gasteiger partial charge on any atom is -0.593 e. The average molecular weight is 481 g/mol. The van der Waals surface area contributed by atoms with E-state index in [0.29, 0.717) is 48.5 Å². The molecule has 0 aliphatic carbocycles. The molecule has 4 aromatic rings. The van der Waals surface area contributed by atoms with Crippen LogP contribution in [-0.2, 0) is 29.7 Å². The van der Waals surface area contributed by atoms with Crippen molar-refractivity contribution in [2.24, 2.45) is 7.05 Å². The Hall–Kier alpha value is -3.41. The maximum Gasteiger partial charge on any atom is 0.355 e. The summed E-state index contributed by atoms with van der Waals surface area (Å²) in [5.74, 6) is 1.36. The van der Waals surface area contributed by atoms with Crippen molar-refractivity contribution in [3.8, 4) is 11.4 Å². The first-order valence-electron chi connectivity index (χ1n) is 10.9. The minimum atomic E-state index is -1.34. The Morgan fingerprint density at radius 2 is 2.18 bits per heavy atom. The first-order chi connectivity index (χ1) is 16.5. The Labute approximate surface area is 199 Å². The van der Waals surface area contributed by atoms with Crippen LogP contribution in [0.25, 0.3) is 22.2 Å². The number of nitrogens with one attached hydrogen (secondary N) is 1. The fourth-order valence-electron chi connectivity index (χ4n) is 4.04. The maximum atomic E-state index is 13.0. The van der Waals surface area contributed by atoms with Crippen molar-refractivity contribution < 1.29 is 18.6 Å². The van der Waals surface area contributed by atoms with Crippen LogP contribution in [0.5, 0.6) is 0 Å². The van der Waals surface area contributed by atoms with Crippen LogP contribution in [0.4, 0.5) is 5.82 Å². The number of aromatic nitrogens is 4. The summed E-state index contributed by atoms with van der Waals surface area (Å²) < 4.78 is 26.8. The van der Waals surface area contributed by atoms with Crippen LogP contribution in [0, 0.1) is 6.92 Å². The highest BCUT2D eigenvalue weighted by atomic mass is 32.2. The molecule has 0 spiro atoms. The lowest BCUT2D eigenvalue weighted by molar-refractivity contribution is 0.0514. The number of fused-ring (bicyclic) bond motifs is 2. The van der Waals surface area contributed by atoms with E-state index in [9.17, 15) is 9.35 Å². The largest absolute Gasteiger partial charge is 0.593 e. The van der Waals surface area contributed by atoms with Gasteiger partial charge < -0.3 is 23.7 Å². The van der Waals surface area contributed by atoms with Crippen molar-refractivity contribution in [1.82, 2.24) is 24.0 Å². The molecule has 0 bridgehead atoms. The SMILES string of the molecule is CCOC(=O)c1cc2c(n1C)CN(CCNc1nccc3ccc(-c4noc(C)n4)cc13)[S+]2[O-]. The summed E-state index contributed by atoms with van der Waals surface area (Å²) >= 11 is -1.34. The van der Waals surface area contributed by atoms with Crippen LogP contribution in [0.3, 0.4) is 0 Å². The van der Waals surface area contributed by atoms with Crippen molar-refractivity contribution in [3.05, 3.63) is 53.8 Å². The van der Waals surface area contributed by atoms with Crippen molar-refractivity contribution in [2.75, 3.05) is 25.0 Å². The number of carbonyl (C=O) groups is 1. The van der Waals surface area contributed by atoms with Gasteiger partial charge in [0, 0.05) is 43.7 Å². The average Bonchev–Trinajstić information content (AvgIpc) is 3.50. The summed E-state index contributed by atoms with van der Waals surface area (Å²) in [5, 5.41) is 9.33. The molecule has 3 aromatic heterocycles. The van der Waals surface area contributed by atoms with Crippen LogP contribution in [0.2, 0.25) is 0 Å². The fraction of sp³-hybridized carbons (Fsp3) is 0.304. The molecule has 4 heterocycles. The number of anilines is 1. The number of pyridine rings is 1. The van der Waals surface area contributed by atoms with Crippen LogP contribution < -0.4 is 5.32 Å². The van der Waals surface area contributed by atoms with Gasteiger partial charge in [-0.2, -0.15) is 4.98 Å². The Balaban J connectivity index is 1.28. The van der Waals surface area contributed by atoms with E-state index in [2.05, 4.69) is 20.4 Å². The Kier molecular flexibility index (Phi) is 5.98. The monoisotopic (exact) mass is 480 g/mol. The summed E-state index contributed by atoms with van der Waals surface area (Å²) in [7, 11) is 1.80. The number of ether oxygens (including phenoxy) is 1. The highest BCUT2D eigenvalue weighted by Gasteiger charge is 2.38. The second-order valence-corrected chi connectivity index (χ2v) is 9.35. The van der Waals surface area contributed by atoms with E-state index < -0.39 is 17.3 Å². The van der Waals surface area contributed by atoms with Crippen molar-refractivity contribution in [3.63, 3.8) is 0 Å². The van der Waals surface area contributed by atoms with E-state index in [0.717, 1.165) is 27.8 Å². The number of rotatable bonds is 7. The van der Waals surface area contributed by atoms with Gasteiger partial charge in [0.2, 0.25) is 11.7 Å². The molecule has 1 aromatic carbocycles. The summed E-state index contributed by atoms with van der Waals surface area (Å²) in [5.41, 5.74) is 2.13. The normalized spacial score (nSPS) is 15.6. The van der Waals surface area contributed by atoms with Crippen molar-refractivity contribution in [1.29, 1.82) is 0 Å². The van der Waals surface area contributed by atoms with E-state index in [1.807, 2.05) is 28.6 Å². The number of nitrogens with zero attached hydrogens (tertiary/aromatic N) is 5. The van der Waals surface area contributed by atoms with E-state index in [1.54, 1.807) is 37.7 Å². The van der Waals surface area contributed by atoms with Gasteiger partial charge in [-0.15, -0.1) is 4.31 Å². The van der Waals surface area contributed by atoms with E-state index in [-0.39, 0.29) is 0 Å². The predicted molar refractivity (Wildman–Crippen MR) is 126 cm³/mol. The predicted octanol–water partition coefficient (Wildman–Crippen LogP) is 3.06.